The fourth-order valence-corrected chi connectivity index (χ4v) is 3.58. The first-order valence-electron chi connectivity index (χ1n) is 9.79. The molecular weight excluding hydrogens is 491 g/mol. The summed E-state index contributed by atoms with van der Waals surface area (Å²) in [6.07, 6.45) is 2.58. The summed E-state index contributed by atoms with van der Waals surface area (Å²) in [5.74, 6) is 2.98. The van der Waals surface area contributed by atoms with Crippen molar-refractivity contribution in [2.75, 3.05) is 7.05 Å². The first-order valence-corrected chi connectivity index (χ1v) is 9.79. The van der Waals surface area contributed by atoms with Gasteiger partial charge >= 0.3 is 0 Å². The number of fused-ring (bicyclic) bond motifs is 1. The van der Waals surface area contributed by atoms with E-state index in [2.05, 4.69) is 40.5 Å². The van der Waals surface area contributed by atoms with Crippen LogP contribution >= 0.6 is 24.0 Å². The number of aliphatic imine (C=N–C) groups is 1. The Morgan fingerprint density at radius 3 is 2.63 bits per heavy atom. The second-order valence-corrected chi connectivity index (χ2v) is 7.71. The van der Waals surface area contributed by atoms with Gasteiger partial charge in [-0.25, -0.2) is 4.98 Å². The number of rotatable bonds is 4. The topological polar surface area (TPSA) is 71.7 Å². The number of halogens is 1. The Morgan fingerprint density at radius 2 is 1.87 bits per heavy atom. The summed E-state index contributed by atoms with van der Waals surface area (Å²) >= 11 is 0. The van der Waals surface area contributed by atoms with Crippen molar-refractivity contribution in [3.63, 3.8) is 0 Å². The van der Waals surface area contributed by atoms with Crippen molar-refractivity contribution in [1.82, 2.24) is 15.6 Å². The number of oxazole rings is 1. The molecule has 1 unspecified atom stereocenters. The molecule has 158 valence electrons. The second-order valence-electron chi connectivity index (χ2n) is 7.71. The highest BCUT2D eigenvalue weighted by atomic mass is 127. The molecule has 0 aliphatic carbocycles. The molecule has 0 radical (unpaired) electrons. The lowest BCUT2D eigenvalue weighted by Crippen LogP contribution is -2.45. The number of ether oxygens (including phenoxy) is 1. The van der Waals surface area contributed by atoms with Crippen LogP contribution in [0.4, 0.5) is 0 Å². The Bertz CT molecular complexity index is 1000. The first kappa shape index (κ1) is 22.1. The van der Waals surface area contributed by atoms with Crippen LogP contribution in [0.5, 0.6) is 5.75 Å². The molecule has 2 N–H and O–H groups in total. The van der Waals surface area contributed by atoms with E-state index < -0.39 is 0 Å². The van der Waals surface area contributed by atoms with Crippen LogP contribution in [0.1, 0.15) is 37.8 Å². The number of guanidine groups is 1. The summed E-state index contributed by atoms with van der Waals surface area (Å²) in [6.45, 7) is 4.65. The van der Waals surface area contributed by atoms with Crippen LogP contribution in [0.25, 0.3) is 11.3 Å². The number of aromatic nitrogens is 1. The molecule has 7 heteroatoms. The Labute approximate surface area is 194 Å². The molecule has 0 spiro atoms. The number of nitrogens with one attached hydrogen (secondary N) is 2. The quantitative estimate of drug-likeness (QED) is 0.291. The van der Waals surface area contributed by atoms with Gasteiger partial charge in [0.15, 0.2) is 11.7 Å². The number of hydrogen-bond donors (Lipinski definition) is 2. The predicted molar refractivity (Wildman–Crippen MR) is 129 cm³/mol. The van der Waals surface area contributed by atoms with Gasteiger partial charge in [0.2, 0.25) is 5.89 Å². The van der Waals surface area contributed by atoms with E-state index in [9.17, 15) is 0 Å². The minimum Gasteiger partial charge on any atom is -0.487 e. The molecule has 0 fully saturated rings. The number of hydrogen-bond acceptors (Lipinski definition) is 4. The van der Waals surface area contributed by atoms with Crippen LogP contribution in [0, 0.1) is 0 Å². The van der Waals surface area contributed by atoms with E-state index in [0.29, 0.717) is 18.4 Å². The Balaban J connectivity index is 0.00000256. The van der Waals surface area contributed by atoms with Crippen LogP contribution in [0.3, 0.4) is 0 Å². The maximum atomic E-state index is 6.11. The Kier molecular flexibility index (Phi) is 7.02. The lowest BCUT2D eigenvalue weighted by atomic mass is 9.90. The number of nitrogens with zero attached hydrogens (tertiary/aromatic N) is 2. The molecule has 2 heterocycles. The molecule has 1 aliphatic heterocycles. The molecule has 0 saturated heterocycles. The van der Waals surface area contributed by atoms with Gasteiger partial charge in [0.05, 0.1) is 18.8 Å². The second kappa shape index (κ2) is 9.51. The highest BCUT2D eigenvalue weighted by molar-refractivity contribution is 14.0. The molecule has 1 atom stereocenters. The molecule has 1 aromatic heterocycles. The number of benzene rings is 2. The fraction of sp³-hybridized carbons (Fsp3) is 0.304. The lowest BCUT2D eigenvalue weighted by Gasteiger charge is -2.38. The minimum absolute atomic E-state index is 0. The summed E-state index contributed by atoms with van der Waals surface area (Å²) in [5, 5.41) is 6.81. The third kappa shape index (κ3) is 5.13. The van der Waals surface area contributed by atoms with Gasteiger partial charge in [-0.1, -0.05) is 48.5 Å². The smallest absolute Gasteiger partial charge is 0.214 e. The zero-order chi connectivity index (χ0) is 20.3. The molecule has 1 aliphatic rings. The highest BCUT2D eigenvalue weighted by Crippen LogP contribution is 2.39. The standard InChI is InChI=1S/C23H26N4O2.HI/c1-23(2)13-18(17-11-7-8-12-19(17)29-23)27-22(24-3)26-15-21-25-14-20(28-21)16-9-5-4-6-10-16;/h4-12,14,18H,13,15H2,1-3H3,(H2,24,26,27);1H. The maximum Gasteiger partial charge on any atom is 0.214 e. The van der Waals surface area contributed by atoms with Crippen molar-refractivity contribution < 1.29 is 9.15 Å². The summed E-state index contributed by atoms with van der Waals surface area (Å²) in [6, 6.07) is 18.2. The van der Waals surface area contributed by atoms with E-state index in [1.807, 2.05) is 48.5 Å². The van der Waals surface area contributed by atoms with Crippen LogP contribution in [-0.4, -0.2) is 23.6 Å². The zero-order valence-electron chi connectivity index (χ0n) is 17.4. The van der Waals surface area contributed by atoms with Crippen molar-refractivity contribution in [2.24, 2.45) is 4.99 Å². The summed E-state index contributed by atoms with van der Waals surface area (Å²) in [7, 11) is 1.76. The molecule has 30 heavy (non-hydrogen) atoms. The summed E-state index contributed by atoms with van der Waals surface area (Å²) < 4.78 is 12.0. The van der Waals surface area contributed by atoms with Crippen molar-refractivity contribution in [3.05, 3.63) is 72.2 Å². The van der Waals surface area contributed by atoms with Crippen LogP contribution in [0.2, 0.25) is 0 Å². The summed E-state index contributed by atoms with van der Waals surface area (Å²) in [5.41, 5.74) is 1.89. The van der Waals surface area contributed by atoms with E-state index >= 15 is 0 Å². The third-order valence-electron chi connectivity index (χ3n) is 4.93. The van der Waals surface area contributed by atoms with Gasteiger partial charge in [0.25, 0.3) is 0 Å². The predicted octanol–water partition coefficient (Wildman–Crippen LogP) is 4.93. The maximum absolute atomic E-state index is 6.11. The molecule has 3 aromatic rings. The van der Waals surface area contributed by atoms with Crippen molar-refractivity contribution in [2.45, 2.75) is 38.5 Å². The van der Waals surface area contributed by atoms with E-state index in [0.717, 1.165) is 29.1 Å². The van der Waals surface area contributed by atoms with Crippen molar-refractivity contribution in [1.29, 1.82) is 0 Å². The Hall–Kier alpha value is -2.55. The van der Waals surface area contributed by atoms with Crippen molar-refractivity contribution >= 4 is 29.9 Å². The Morgan fingerprint density at radius 1 is 1.13 bits per heavy atom. The summed E-state index contributed by atoms with van der Waals surface area (Å²) in [4.78, 5) is 8.74. The lowest BCUT2D eigenvalue weighted by molar-refractivity contribution is 0.0694. The van der Waals surface area contributed by atoms with E-state index in [-0.39, 0.29) is 35.6 Å². The monoisotopic (exact) mass is 518 g/mol. The average Bonchev–Trinajstić information content (AvgIpc) is 3.20. The number of para-hydroxylation sites is 1. The molecule has 0 saturated carbocycles. The molecule has 2 aromatic carbocycles. The zero-order valence-corrected chi connectivity index (χ0v) is 19.7. The van der Waals surface area contributed by atoms with Gasteiger partial charge in [0.1, 0.15) is 11.4 Å². The fourth-order valence-electron chi connectivity index (χ4n) is 3.58. The van der Waals surface area contributed by atoms with Gasteiger partial charge in [-0.3, -0.25) is 4.99 Å². The van der Waals surface area contributed by atoms with Gasteiger partial charge in [-0.05, 0) is 19.9 Å². The van der Waals surface area contributed by atoms with Crippen LogP contribution in [0.15, 0.2) is 70.2 Å². The van der Waals surface area contributed by atoms with Crippen LogP contribution < -0.4 is 15.4 Å². The van der Waals surface area contributed by atoms with Crippen LogP contribution in [-0.2, 0) is 6.54 Å². The van der Waals surface area contributed by atoms with E-state index in [1.54, 1.807) is 13.2 Å². The van der Waals surface area contributed by atoms with E-state index in [4.69, 9.17) is 9.15 Å². The van der Waals surface area contributed by atoms with Gasteiger partial charge < -0.3 is 19.8 Å². The SMILES string of the molecule is CN=C(NCc1ncc(-c2ccccc2)o1)NC1CC(C)(C)Oc2ccccc21.I. The van der Waals surface area contributed by atoms with Gasteiger partial charge in [-0.15, -0.1) is 24.0 Å². The average molecular weight is 518 g/mol. The normalized spacial score (nSPS) is 17.3. The molecular formula is C23H27IN4O2. The molecule has 0 bridgehead atoms. The first-order chi connectivity index (χ1) is 14.0. The molecule has 6 nitrogen and oxygen atoms in total. The third-order valence-corrected chi connectivity index (χ3v) is 4.93. The van der Waals surface area contributed by atoms with Gasteiger partial charge in [0, 0.05) is 24.6 Å². The van der Waals surface area contributed by atoms with Gasteiger partial charge in [-0.2, -0.15) is 0 Å². The highest BCUT2D eigenvalue weighted by Gasteiger charge is 2.33. The minimum atomic E-state index is -0.252. The van der Waals surface area contributed by atoms with Crippen molar-refractivity contribution in [3.8, 4) is 17.1 Å². The van der Waals surface area contributed by atoms with E-state index in [1.165, 1.54) is 0 Å². The molecule has 4 rings (SSSR count). The molecule has 0 amide bonds. The largest absolute Gasteiger partial charge is 0.487 e.